The van der Waals surface area contributed by atoms with E-state index in [1.165, 1.54) is 0 Å². The van der Waals surface area contributed by atoms with Crippen molar-refractivity contribution < 1.29 is 23.5 Å². The first-order chi connectivity index (χ1) is 14.1. The van der Waals surface area contributed by atoms with Crippen molar-refractivity contribution in [2.45, 2.75) is 78.4 Å². The van der Waals surface area contributed by atoms with Gasteiger partial charge in [0.1, 0.15) is 23.0 Å². The Hall–Kier alpha value is -2.83. The summed E-state index contributed by atoms with van der Waals surface area (Å²) in [5, 5.41) is 3.27. The van der Waals surface area contributed by atoms with Gasteiger partial charge in [-0.15, -0.1) is 0 Å². The van der Waals surface area contributed by atoms with E-state index in [9.17, 15) is 14.4 Å². The summed E-state index contributed by atoms with van der Waals surface area (Å²) < 4.78 is 16.5. The molecule has 0 aliphatic heterocycles. The first-order valence-corrected chi connectivity index (χ1v) is 10.4. The zero-order valence-electron chi connectivity index (χ0n) is 18.2. The molecule has 0 radical (unpaired) electrons. The second-order valence-electron chi connectivity index (χ2n) is 8.74. The van der Waals surface area contributed by atoms with E-state index in [1.54, 1.807) is 32.9 Å². The third kappa shape index (κ3) is 4.83. The van der Waals surface area contributed by atoms with Crippen LogP contribution in [0.25, 0.3) is 11.0 Å². The van der Waals surface area contributed by atoms with Crippen LogP contribution in [-0.4, -0.2) is 23.7 Å². The average Bonchev–Trinajstić information content (AvgIpc) is 3.09. The van der Waals surface area contributed by atoms with Crippen molar-refractivity contribution in [1.82, 2.24) is 5.32 Å². The van der Waals surface area contributed by atoms with Crippen LogP contribution in [0.4, 0.5) is 4.79 Å². The second-order valence-corrected chi connectivity index (χ2v) is 8.74. The third-order valence-corrected chi connectivity index (χ3v) is 4.94. The van der Waals surface area contributed by atoms with Gasteiger partial charge in [-0.3, -0.25) is 0 Å². The van der Waals surface area contributed by atoms with Gasteiger partial charge in [0, 0.05) is 5.56 Å². The first kappa shape index (κ1) is 21.9. The largest absolute Gasteiger partial charge is 0.444 e. The zero-order chi connectivity index (χ0) is 22.1. The summed E-state index contributed by atoms with van der Waals surface area (Å²) in [6.45, 7) is 9.03. The quantitative estimate of drug-likeness (QED) is 0.447. The van der Waals surface area contributed by atoms with E-state index in [0.717, 1.165) is 24.0 Å². The van der Waals surface area contributed by atoms with Crippen LogP contribution in [0.5, 0.6) is 5.75 Å². The molecule has 3 rings (SSSR count). The van der Waals surface area contributed by atoms with Crippen LogP contribution in [0.1, 0.15) is 63.6 Å². The van der Waals surface area contributed by atoms with Gasteiger partial charge >= 0.3 is 17.7 Å². The molecule has 1 aromatic heterocycles. The highest BCUT2D eigenvalue weighted by atomic mass is 16.6. The molecule has 1 heterocycles. The molecule has 1 N–H and O–H groups in total. The van der Waals surface area contributed by atoms with Gasteiger partial charge in [0.25, 0.3) is 0 Å². The van der Waals surface area contributed by atoms with E-state index in [4.69, 9.17) is 13.9 Å². The van der Waals surface area contributed by atoms with Gasteiger partial charge in [-0.05, 0) is 76.6 Å². The van der Waals surface area contributed by atoms with Crippen LogP contribution in [0.2, 0.25) is 0 Å². The van der Waals surface area contributed by atoms with Gasteiger partial charge in [-0.2, -0.15) is 0 Å². The fourth-order valence-electron chi connectivity index (χ4n) is 3.75. The second kappa shape index (κ2) is 8.50. The number of ether oxygens (including phenoxy) is 2. The van der Waals surface area contributed by atoms with Crippen molar-refractivity contribution in [3.63, 3.8) is 0 Å². The molecule has 0 saturated heterocycles. The summed E-state index contributed by atoms with van der Waals surface area (Å²) in [5.74, 6) is -0.225. The number of hydrogen-bond donors (Lipinski definition) is 1. The molecule has 162 valence electrons. The molecule has 0 spiro atoms. The number of amides is 1. The Labute approximate surface area is 175 Å². The predicted octanol–water partition coefficient (Wildman–Crippen LogP) is 4.19. The molecular weight excluding hydrogens is 386 g/mol. The highest BCUT2D eigenvalue weighted by molar-refractivity contribution is 5.92. The van der Waals surface area contributed by atoms with Crippen LogP contribution in [-0.2, 0) is 22.4 Å². The molecule has 0 unspecified atom stereocenters. The van der Waals surface area contributed by atoms with Crippen LogP contribution >= 0.6 is 0 Å². The van der Waals surface area contributed by atoms with E-state index in [0.29, 0.717) is 41.5 Å². The maximum atomic E-state index is 12.9. The summed E-state index contributed by atoms with van der Waals surface area (Å²) in [5.41, 5.74) is 1.76. The predicted molar refractivity (Wildman–Crippen MR) is 113 cm³/mol. The lowest BCUT2D eigenvalue weighted by molar-refractivity contribution is -0.136. The van der Waals surface area contributed by atoms with Crippen molar-refractivity contribution in [2.24, 2.45) is 0 Å². The topological polar surface area (TPSA) is 94.8 Å². The van der Waals surface area contributed by atoms with Crippen LogP contribution in [0, 0.1) is 6.92 Å². The molecule has 2 aromatic rings. The maximum absolute atomic E-state index is 12.9. The molecule has 1 amide bonds. The van der Waals surface area contributed by atoms with Gasteiger partial charge < -0.3 is 19.2 Å². The number of rotatable bonds is 5. The van der Waals surface area contributed by atoms with Crippen LogP contribution < -0.4 is 15.7 Å². The van der Waals surface area contributed by atoms with Crippen molar-refractivity contribution in [2.75, 3.05) is 0 Å². The molecule has 7 heteroatoms. The van der Waals surface area contributed by atoms with E-state index < -0.39 is 23.7 Å². The molecule has 0 bridgehead atoms. The van der Waals surface area contributed by atoms with Crippen LogP contribution in [0.3, 0.4) is 0 Å². The average molecular weight is 415 g/mol. The zero-order valence-corrected chi connectivity index (χ0v) is 18.2. The Morgan fingerprint density at radius 1 is 1.20 bits per heavy atom. The first-order valence-electron chi connectivity index (χ1n) is 10.4. The fourth-order valence-corrected chi connectivity index (χ4v) is 3.75. The number of esters is 1. The van der Waals surface area contributed by atoms with Gasteiger partial charge in [-0.25, -0.2) is 14.4 Å². The number of hydrogen-bond acceptors (Lipinski definition) is 6. The monoisotopic (exact) mass is 415 g/mol. The Morgan fingerprint density at radius 3 is 2.57 bits per heavy atom. The SMILES string of the molecule is CCC[C@@H](NC(=O)OC(C)(C)C)C(=O)Oc1cc(C)cc2oc(=O)c3c(c12)CCC3. The molecule has 0 saturated carbocycles. The summed E-state index contributed by atoms with van der Waals surface area (Å²) in [7, 11) is 0. The van der Waals surface area contributed by atoms with Crippen molar-refractivity contribution in [3.05, 3.63) is 39.2 Å². The normalized spacial score (nSPS) is 14.3. The van der Waals surface area contributed by atoms with Crippen LogP contribution in [0.15, 0.2) is 21.3 Å². The summed E-state index contributed by atoms with van der Waals surface area (Å²) in [6.07, 6.45) is 2.68. The van der Waals surface area contributed by atoms with Gasteiger partial charge in [0.05, 0.1) is 5.39 Å². The minimum Gasteiger partial charge on any atom is -0.444 e. The number of alkyl carbamates (subject to hydrolysis) is 1. The van der Waals surface area contributed by atoms with E-state index in [-0.39, 0.29) is 5.63 Å². The van der Waals surface area contributed by atoms with Crippen molar-refractivity contribution in [3.8, 4) is 5.75 Å². The standard InChI is InChI=1S/C23H29NO6/c1-6-8-16(24-22(27)30-23(3,4)5)21(26)29-18-12-13(2)11-17-19(18)14-9-7-10-15(14)20(25)28-17/h11-12,16H,6-10H2,1-5H3,(H,24,27)/t16-/m1/s1. The molecular formula is C23H29NO6. The molecule has 1 aliphatic carbocycles. The van der Waals surface area contributed by atoms with E-state index in [1.807, 2.05) is 13.8 Å². The molecule has 30 heavy (non-hydrogen) atoms. The molecule has 1 atom stereocenters. The lowest BCUT2D eigenvalue weighted by Crippen LogP contribution is -2.45. The highest BCUT2D eigenvalue weighted by Crippen LogP contribution is 2.35. The molecule has 7 nitrogen and oxygen atoms in total. The number of fused-ring (bicyclic) bond motifs is 3. The Bertz CT molecular complexity index is 1030. The highest BCUT2D eigenvalue weighted by Gasteiger charge is 2.28. The Balaban J connectivity index is 1.92. The number of nitrogens with one attached hydrogen (secondary N) is 1. The van der Waals surface area contributed by atoms with E-state index in [2.05, 4.69) is 5.32 Å². The number of aryl methyl sites for hydroxylation is 2. The summed E-state index contributed by atoms with van der Waals surface area (Å²) in [6, 6.07) is 2.69. The van der Waals surface area contributed by atoms with Gasteiger partial charge in [-0.1, -0.05) is 13.3 Å². The number of carbonyl (C=O) groups is 2. The van der Waals surface area contributed by atoms with Crippen molar-refractivity contribution in [1.29, 1.82) is 0 Å². The van der Waals surface area contributed by atoms with E-state index >= 15 is 0 Å². The minimum atomic E-state index is -0.843. The molecule has 1 aromatic carbocycles. The molecule has 1 aliphatic rings. The van der Waals surface area contributed by atoms with Crippen molar-refractivity contribution >= 4 is 23.0 Å². The lowest BCUT2D eigenvalue weighted by Gasteiger charge is -2.23. The Kier molecular flexibility index (Phi) is 6.19. The smallest absolute Gasteiger partial charge is 0.408 e. The lowest BCUT2D eigenvalue weighted by atomic mass is 10.0. The van der Waals surface area contributed by atoms with Gasteiger partial charge in [0.2, 0.25) is 0 Å². The molecule has 0 fully saturated rings. The number of carbonyl (C=O) groups excluding carboxylic acids is 2. The summed E-state index contributed by atoms with van der Waals surface area (Å²) >= 11 is 0. The third-order valence-electron chi connectivity index (χ3n) is 4.94. The van der Waals surface area contributed by atoms with Gasteiger partial charge in [0.15, 0.2) is 0 Å². The summed E-state index contributed by atoms with van der Waals surface area (Å²) in [4.78, 5) is 37.4. The fraction of sp³-hybridized carbons (Fsp3) is 0.522. The number of benzene rings is 1. The Morgan fingerprint density at radius 2 is 1.90 bits per heavy atom. The maximum Gasteiger partial charge on any atom is 0.408 e. The minimum absolute atomic E-state index is 0.326.